The maximum atomic E-state index is 12.6. The normalized spacial score (nSPS) is 22.1. The van der Waals surface area contributed by atoms with Crippen LogP contribution in [0.5, 0.6) is 0 Å². The van der Waals surface area contributed by atoms with Crippen LogP contribution in [0.25, 0.3) is 6.08 Å². The average Bonchev–Trinajstić information content (AvgIpc) is 3.26. The molecule has 5 heteroatoms. The van der Waals surface area contributed by atoms with Crippen molar-refractivity contribution >= 4 is 40.8 Å². The predicted octanol–water partition coefficient (Wildman–Crippen LogP) is 5.95. The van der Waals surface area contributed by atoms with Gasteiger partial charge in [0.05, 0.1) is 17.9 Å². The maximum absolute atomic E-state index is 12.6. The summed E-state index contributed by atoms with van der Waals surface area (Å²) in [6.45, 7) is 7.95. The van der Waals surface area contributed by atoms with Gasteiger partial charge in [-0.3, -0.25) is 4.79 Å². The Kier molecular flexibility index (Phi) is 4.43. The Balaban J connectivity index is 1.39. The third-order valence-electron chi connectivity index (χ3n) is 7.36. The molecule has 0 spiro atoms. The van der Waals surface area contributed by atoms with E-state index in [1.165, 1.54) is 26.7 Å². The van der Waals surface area contributed by atoms with Gasteiger partial charge in [0.2, 0.25) is 5.91 Å². The van der Waals surface area contributed by atoms with Crippen LogP contribution in [0.1, 0.15) is 31.9 Å². The van der Waals surface area contributed by atoms with Crippen molar-refractivity contribution in [2.75, 3.05) is 22.9 Å². The molecular formula is C28H27N3OS. The molecule has 1 N–H and O–H groups in total. The van der Waals surface area contributed by atoms with Crippen molar-refractivity contribution in [3.05, 3.63) is 83.9 Å². The second kappa shape index (κ2) is 7.16. The van der Waals surface area contributed by atoms with E-state index in [1.807, 2.05) is 11.8 Å². The average molecular weight is 454 g/mol. The van der Waals surface area contributed by atoms with Gasteiger partial charge in [-0.25, -0.2) is 0 Å². The van der Waals surface area contributed by atoms with Gasteiger partial charge in [-0.05, 0) is 54.5 Å². The fraction of sp³-hybridized carbons (Fsp3) is 0.250. The lowest BCUT2D eigenvalue weighted by atomic mass is 9.75. The maximum Gasteiger partial charge on any atom is 0.241 e. The Morgan fingerprint density at radius 1 is 0.970 bits per heavy atom. The zero-order chi connectivity index (χ0) is 22.8. The van der Waals surface area contributed by atoms with Crippen LogP contribution >= 0.6 is 11.8 Å². The summed E-state index contributed by atoms with van der Waals surface area (Å²) in [5.74, 6) is 0.0680. The first kappa shape index (κ1) is 20.4. The van der Waals surface area contributed by atoms with E-state index in [1.54, 1.807) is 0 Å². The number of amides is 1. The lowest BCUT2D eigenvalue weighted by Gasteiger charge is -2.40. The highest BCUT2D eigenvalue weighted by molar-refractivity contribution is 7.99. The molecule has 0 saturated carbocycles. The Hall–Kier alpha value is -3.18. The third kappa shape index (κ3) is 2.81. The number of fused-ring (bicyclic) bond motifs is 5. The molecule has 6 rings (SSSR count). The Labute approximate surface area is 199 Å². The van der Waals surface area contributed by atoms with E-state index in [2.05, 4.69) is 115 Å². The van der Waals surface area contributed by atoms with Crippen molar-refractivity contribution in [1.82, 2.24) is 5.32 Å². The van der Waals surface area contributed by atoms with Crippen molar-refractivity contribution in [3.63, 3.8) is 0 Å². The van der Waals surface area contributed by atoms with E-state index in [0.717, 1.165) is 17.8 Å². The smallest absolute Gasteiger partial charge is 0.241 e. The van der Waals surface area contributed by atoms with Crippen LogP contribution in [-0.2, 0) is 10.2 Å². The van der Waals surface area contributed by atoms with Crippen LogP contribution in [0.4, 0.5) is 17.1 Å². The summed E-state index contributed by atoms with van der Waals surface area (Å²) in [5, 5.41) is 3.32. The van der Waals surface area contributed by atoms with E-state index in [0.29, 0.717) is 6.54 Å². The van der Waals surface area contributed by atoms with Gasteiger partial charge in [-0.2, -0.15) is 0 Å². The van der Waals surface area contributed by atoms with Crippen molar-refractivity contribution in [2.45, 2.75) is 41.6 Å². The molecule has 3 heterocycles. The molecule has 3 aliphatic heterocycles. The first-order chi connectivity index (χ1) is 15.9. The molecule has 1 saturated heterocycles. The number of hydrogen-bond acceptors (Lipinski definition) is 4. The molecule has 3 aromatic carbocycles. The zero-order valence-electron chi connectivity index (χ0n) is 19.1. The molecule has 0 bridgehead atoms. The summed E-state index contributed by atoms with van der Waals surface area (Å²) in [5.41, 5.74) is 5.24. The molecule has 0 aromatic heterocycles. The molecule has 3 aliphatic rings. The van der Waals surface area contributed by atoms with Crippen LogP contribution in [0, 0.1) is 0 Å². The first-order valence-corrected chi connectivity index (χ1v) is 12.3. The third-order valence-corrected chi connectivity index (χ3v) is 8.47. The van der Waals surface area contributed by atoms with Crippen molar-refractivity contribution in [2.24, 2.45) is 0 Å². The lowest BCUT2D eigenvalue weighted by Crippen LogP contribution is -2.58. The van der Waals surface area contributed by atoms with Crippen LogP contribution in [0.2, 0.25) is 0 Å². The molecule has 1 atom stereocenters. The highest BCUT2D eigenvalue weighted by Crippen LogP contribution is 2.53. The molecule has 0 aliphatic carbocycles. The summed E-state index contributed by atoms with van der Waals surface area (Å²) in [4.78, 5) is 19.7. The topological polar surface area (TPSA) is 35.6 Å². The summed E-state index contributed by atoms with van der Waals surface area (Å²) in [7, 11) is 0. The molecule has 1 unspecified atom stereocenters. The number of carbonyl (C=O) groups is 1. The van der Waals surface area contributed by atoms with Crippen molar-refractivity contribution < 1.29 is 4.79 Å². The Bertz CT molecular complexity index is 1310. The quantitative estimate of drug-likeness (QED) is 0.532. The van der Waals surface area contributed by atoms with Crippen LogP contribution in [-0.4, -0.2) is 24.7 Å². The predicted molar refractivity (Wildman–Crippen MR) is 136 cm³/mol. The second-order valence-electron chi connectivity index (χ2n) is 9.42. The molecule has 1 fully saturated rings. The van der Waals surface area contributed by atoms with Crippen LogP contribution in [0.3, 0.4) is 0 Å². The van der Waals surface area contributed by atoms with Crippen molar-refractivity contribution in [1.29, 1.82) is 0 Å². The highest BCUT2D eigenvalue weighted by atomic mass is 32.2. The zero-order valence-corrected chi connectivity index (χ0v) is 19.9. The lowest BCUT2D eigenvalue weighted by molar-refractivity contribution is -0.118. The molecule has 3 aromatic rings. The van der Waals surface area contributed by atoms with Crippen LogP contribution in [0.15, 0.2) is 82.6 Å². The van der Waals surface area contributed by atoms with Gasteiger partial charge in [0.1, 0.15) is 5.66 Å². The molecule has 33 heavy (non-hydrogen) atoms. The van der Waals surface area contributed by atoms with Gasteiger partial charge in [0.15, 0.2) is 0 Å². The number of anilines is 3. The monoisotopic (exact) mass is 453 g/mol. The van der Waals surface area contributed by atoms with Gasteiger partial charge in [0.25, 0.3) is 0 Å². The van der Waals surface area contributed by atoms with E-state index >= 15 is 0 Å². The van der Waals surface area contributed by atoms with Crippen LogP contribution < -0.4 is 15.1 Å². The standard InChI is InChI=1S/C28H27N3OS/c1-4-30-22-11-7-8-12-24(22)33-25-17-19(13-14-23(25)30)15-16-28-27(2,3)20-9-5-6-10-21(20)31(28)18-26(32)29-28/h5-17H,4,18H2,1-3H3,(H,29,32)/b16-15+. The molecule has 0 radical (unpaired) electrons. The molecule has 4 nitrogen and oxygen atoms in total. The van der Waals surface area contributed by atoms with E-state index in [-0.39, 0.29) is 11.3 Å². The molecule has 1 amide bonds. The SMILES string of the molecule is CCN1c2ccccc2Sc2cc(/C=C/C34NC(=O)CN3c3ccccc3C4(C)C)ccc21. The number of nitrogens with zero attached hydrogens (tertiary/aromatic N) is 2. The number of carbonyl (C=O) groups excluding carboxylic acids is 1. The largest absolute Gasteiger partial charge is 0.340 e. The van der Waals surface area contributed by atoms with Gasteiger partial charge in [0, 0.05) is 27.4 Å². The number of nitrogens with one attached hydrogen (secondary N) is 1. The van der Waals surface area contributed by atoms with E-state index < -0.39 is 5.66 Å². The minimum Gasteiger partial charge on any atom is -0.340 e. The number of para-hydroxylation sites is 2. The second-order valence-corrected chi connectivity index (χ2v) is 10.5. The highest BCUT2D eigenvalue weighted by Gasteiger charge is 2.59. The minimum absolute atomic E-state index is 0.0680. The summed E-state index contributed by atoms with van der Waals surface area (Å²) in [6, 6.07) is 23.7. The fourth-order valence-corrected chi connectivity index (χ4v) is 6.79. The van der Waals surface area contributed by atoms with Gasteiger partial charge >= 0.3 is 0 Å². The van der Waals surface area contributed by atoms with Gasteiger partial charge < -0.3 is 15.1 Å². The Morgan fingerprint density at radius 3 is 2.52 bits per heavy atom. The van der Waals surface area contributed by atoms with Gasteiger partial charge in [-0.1, -0.05) is 68.1 Å². The number of rotatable bonds is 3. The van der Waals surface area contributed by atoms with E-state index in [9.17, 15) is 4.79 Å². The molecule has 166 valence electrons. The summed E-state index contributed by atoms with van der Waals surface area (Å²) < 4.78 is 0. The van der Waals surface area contributed by atoms with Crippen molar-refractivity contribution in [3.8, 4) is 0 Å². The number of benzene rings is 3. The molecular weight excluding hydrogens is 426 g/mol. The Morgan fingerprint density at radius 2 is 1.70 bits per heavy atom. The summed E-state index contributed by atoms with van der Waals surface area (Å²) >= 11 is 1.83. The number of hydrogen-bond donors (Lipinski definition) is 1. The summed E-state index contributed by atoms with van der Waals surface area (Å²) in [6.07, 6.45) is 4.36. The minimum atomic E-state index is -0.571. The fourth-order valence-electron chi connectivity index (χ4n) is 5.65. The van der Waals surface area contributed by atoms with Gasteiger partial charge in [-0.15, -0.1) is 0 Å². The first-order valence-electron chi connectivity index (χ1n) is 11.5. The van der Waals surface area contributed by atoms with E-state index in [4.69, 9.17) is 0 Å².